The Labute approximate surface area is 176 Å². The number of nitrogens with one attached hydrogen (secondary N) is 1. The molecule has 1 fully saturated rings. The first-order valence-electron chi connectivity index (χ1n) is 10.1. The van der Waals surface area contributed by atoms with E-state index in [1.165, 1.54) is 39.9 Å². The van der Waals surface area contributed by atoms with Crippen molar-refractivity contribution in [2.45, 2.75) is 25.7 Å². The lowest BCUT2D eigenvalue weighted by Gasteiger charge is -2.22. The number of esters is 1. The molecule has 1 heterocycles. The zero-order chi connectivity index (χ0) is 21.3. The van der Waals surface area contributed by atoms with E-state index in [2.05, 4.69) is 10.2 Å². The van der Waals surface area contributed by atoms with Gasteiger partial charge in [0.05, 0.1) is 14.2 Å². The molecule has 0 radical (unpaired) electrons. The third-order valence-electron chi connectivity index (χ3n) is 5.09. The van der Waals surface area contributed by atoms with E-state index in [1.54, 1.807) is 18.2 Å². The number of ether oxygens (including phenoxy) is 3. The molecule has 7 nitrogen and oxygen atoms in total. The van der Waals surface area contributed by atoms with Crippen LogP contribution < -0.4 is 19.7 Å². The van der Waals surface area contributed by atoms with Crippen molar-refractivity contribution in [1.29, 1.82) is 0 Å². The van der Waals surface area contributed by atoms with Crippen LogP contribution in [0.5, 0.6) is 11.5 Å². The molecule has 0 unspecified atom stereocenters. The maximum absolute atomic E-state index is 12.3. The van der Waals surface area contributed by atoms with Crippen LogP contribution >= 0.6 is 0 Å². The van der Waals surface area contributed by atoms with Gasteiger partial charge in [-0.1, -0.05) is 12.8 Å². The molecule has 0 aromatic heterocycles. The van der Waals surface area contributed by atoms with Gasteiger partial charge in [-0.05, 0) is 49.2 Å². The predicted molar refractivity (Wildman–Crippen MR) is 116 cm³/mol. The summed E-state index contributed by atoms with van der Waals surface area (Å²) in [7, 11) is 2.98. The van der Waals surface area contributed by atoms with Gasteiger partial charge in [-0.3, -0.25) is 4.79 Å². The fraction of sp³-hybridized carbons (Fsp3) is 0.391. The second-order valence-corrected chi connectivity index (χ2v) is 7.14. The Kier molecular flexibility index (Phi) is 7.54. The Hall–Kier alpha value is -3.22. The molecule has 3 rings (SSSR count). The van der Waals surface area contributed by atoms with Crippen LogP contribution in [0.15, 0.2) is 42.5 Å². The standard InChI is InChI=1S/C23H28N2O5/c1-28-19-11-12-20(21(15-19)29-2)23(27)30-16-22(26)24-17-7-9-18(10-8-17)25-13-5-3-4-6-14-25/h7-12,15H,3-6,13-14,16H2,1-2H3,(H,24,26). The second-order valence-electron chi connectivity index (χ2n) is 7.14. The topological polar surface area (TPSA) is 77.1 Å². The van der Waals surface area contributed by atoms with Gasteiger partial charge in [0.15, 0.2) is 6.61 Å². The lowest BCUT2D eigenvalue weighted by molar-refractivity contribution is -0.119. The van der Waals surface area contributed by atoms with Crippen molar-refractivity contribution in [2.24, 2.45) is 0 Å². The predicted octanol–water partition coefficient (Wildman–Crippen LogP) is 3.88. The molecule has 2 aromatic rings. The number of hydrogen-bond acceptors (Lipinski definition) is 6. The molecule has 160 valence electrons. The minimum atomic E-state index is -0.638. The van der Waals surface area contributed by atoms with Crippen LogP contribution in [0.2, 0.25) is 0 Å². The third kappa shape index (κ3) is 5.65. The first kappa shape index (κ1) is 21.5. The fourth-order valence-corrected chi connectivity index (χ4v) is 3.46. The molecule has 7 heteroatoms. The molecule has 30 heavy (non-hydrogen) atoms. The molecule has 2 aromatic carbocycles. The van der Waals surface area contributed by atoms with Gasteiger partial charge in [-0.2, -0.15) is 0 Å². The maximum atomic E-state index is 12.3. The number of carbonyl (C=O) groups excluding carboxylic acids is 2. The summed E-state index contributed by atoms with van der Waals surface area (Å²) in [4.78, 5) is 26.9. The van der Waals surface area contributed by atoms with Gasteiger partial charge in [0, 0.05) is 30.5 Å². The highest BCUT2D eigenvalue weighted by atomic mass is 16.5. The van der Waals surface area contributed by atoms with Crippen molar-refractivity contribution in [3.05, 3.63) is 48.0 Å². The van der Waals surface area contributed by atoms with E-state index in [0.29, 0.717) is 17.2 Å². The Balaban J connectivity index is 1.52. The van der Waals surface area contributed by atoms with Crippen molar-refractivity contribution in [2.75, 3.05) is 44.1 Å². The Morgan fingerprint density at radius 1 is 0.933 bits per heavy atom. The van der Waals surface area contributed by atoms with Crippen molar-refractivity contribution in [1.82, 2.24) is 0 Å². The highest BCUT2D eigenvalue weighted by Gasteiger charge is 2.16. The van der Waals surface area contributed by atoms with E-state index in [9.17, 15) is 9.59 Å². The fourth-order valence-electron chi connectivity index (χ4n) is 3.46. The number of hydrogen-bond donors (Lipinski definition) is 1. The summed E-state index contributed by atoms with van der Waals surface area (Å²) in [6.07, 6.45) is 4.99. The van der Waals surface area contributed by atoms with E-state index >= 15 is 0 Å². The van der Waals surface area contributed by atoms with Gasteiger partial charge >= 0.3 is 5.97 Å². The number of rotatable bonds is 7. The van der Waals surface area contributed by atoms with E-state index < -0.39 is 11.9 Å². The van der Waals surface area contributed by atoms with Crippen LogP contribution in [0.25, 0.3) is 0 Å². The number of benzene rings is 2. The van der Waals surface area contributed by atoms with E-state index in [4.69, 9.17) is 14.2 Å². The Morgan fingerprint density at radius 3 is 2.27 bits per heavy atom. The van der Waals surface area contributed by atoms with E-state index in [0.717, 1.165) is 18.8 Å². The van der Waals surface area contributed by atoms with E-state index in [-0.39, 0.29) is 12.2 Å². The molecule has 0 atom stereocenters. The van der Waals surface area contributed by atoms with Gasteiger partial charge < -0.3 is 24.4 Å². The molecule has 0 spiro atoms. The molecule has 1 amide bonds. The first-order chi connectivity index (χ1) is 14.6. The number of methoxy groups -OCH3 is 2. The smallest absolute Gasteiger partial charge is 0.342 e. The summed E-state index contributed by atoms with van der Waals surface area (Å²) in [6, 6.07) is 12.5. The molecule has 1 N–H and O–H groups in total. The molecule has 1 aliphatic rings. The van der Waals surface area contributed by atoms with Gasteiger partial charge in [-0.15, -0.1) is 0 Å². The second kappa shape index (κ2) is 10.5. The molecule has 1 saturated heterocycles. The molecule has 0 saturated carbocycles. The molecule has 0 aliphatic carbocycles. The zero-order valence-electron chi connectivity index (χ0n) is 17.5. The van der Waals surface area contributed by atoms with E-state index in [1.807, 2.05) is 24.3 Å². The Bertz CT molecular complexity index is 858. The molecular formula is C23H28N2O5. The van der Waals surface area contributed by atoms with Crippen LogP contribution in [0, 0.1) is 0 Å². The number of amides is 1. The van der Waals surface area contributed by atoms with Gasteiger partial charge in [-0.25, -0.2) is 4.79 Å². The minimum absolute atomic E-state index is 0.230. The van der Waals surface area contributed by atoms with Gasteiger partial charge in [0.25, 0.3) is 5.91 Å². The van der Waals surface area contributed by atoms with Crippen LogP contribution in [-0.4, -0.2) is 45.8 Å². The lowest BCUT2D eigenvalue weighted by atomic mass is 10.2. The maximum Gasteiger partial charge on any atom is 0.342 e. The van der Waals surface area contributed by atoms with Crippen LogP contribution in [0.1, 0.15) is 36.0 Å². The summed E-state index contributed by atoms with van der Waals surface area (Å²) in [5.41, 5.74) is 2.05. The monoisotopic (exact) mass is 412 g/mol. The summed E-state index contributed by atoms with van der Waals surface area (Å²) in [6.45, 7) is 1.74. The average Bonchev–Trinajstić information content (AvgIpc) is 3.07. The Morgan fingerprint density at radius 2 is 1.63 bits per heavy atom. The number of carbonyl (C=O) groups is 2. The van der Waals surface area contributed by atoms with Crippen molar-refractivity contribution >= 4 is 23.3 Å². The lowest BCUT2D eigenvalue weighted by Crippen LogP contribution is -2.24. The highest BCUT2D eigenvalue weighted by molar-refractivity contribution is 5.97. The SMILES string of the molecule is COc1ccc(C(=O)OCC(=O)Nc2ccc(N3CCCCCC3)cc2)c(OC)c1. The first-order valence-corrected chi connectivity index (χ1v) is 10.1. The summed E-state index contributed by atoms with van der Waals surface area (Å²) in [5, 5.41) is 2.75. The van der Waals surface area contributed by atoms with Crippen LogP contribution in [-0.2, 0) is 9.53 Å². The molecule has 1 aliphatic heterocycles. The highest BCUT2D eigenvalue weighted by Crippen LogP contribution is 2.25. The molecular weight excluding hydrogens is 384 g/mol. The van der Waals surface area contributed by atoms with Crippen LogP contribution in [0.3, 0.4) is 0 Å². The quantitative estimate of drug-likeness (QED) is 0.696. The van der Waals surface area contributed by atoms with Crippen LogP contribution in [0.4, 0.5) is 11.4 Å². The summed E-state index contributed by atoms with van der Waals surface area (Å²) in [5.74, 6) is -0.159. The van der Waals surface area contributed by atoms with Crippen molar-refractivity contribution in [3.8, 4) is 11.5 Å². The molecule has 0 bridgehead atoms. The third-order valence-corrected chi connectivity index (χ3v) is 5.09. The normalized spacial score (nSPS) is 13.9. The summed E-state index contributed by atoms with van der Waals surface area (Å²) >= 11 is 0. The number of nitrogens with zero attached hydrogens (tertiary/aromatic N) is 1. The largest absolute Gasteiger partial charge is 0.497 e. The van der Waals surface area contributed by atoms with Crippen molar-refractivity contribution < 1.29 is 23.8 Å². The van der Waals surface area contributed by atoms with Gasteiger partial charge in [0.1, 0.15) is 17.1 Å². The minimum Gasteiger partial charge on any atom is -0.497 e. The number of anilines is 2. The van der Waals surface area contributed by atoms with Crippen molar-refractivity contribution in [3.63, 3.8) is 0 Å². The summed E-state index contributed by atoms with van der Waals surface area (Å²) < 4.78 is 15.4. The zero-order valence-corrected chi connectivity index (χ0v) is 17.5. The van der Waals surface area contributed by atoms with Gasteiger partial charge in [0.2, 0.25) is 0 Å². The average molecular weight is 412 g/mol.